The Morgan fingerprint density at radius 3 is 2.76 bits per heavy atom. The molecule has 0 saturated carbocycles. The van der Waals surface area contributed by atoms with Crippen LogP contribution in [0.1, 0.15) is 48.7 Å². The van der Waals surface area contributed by atoms with E-state index in [2.05, 4.69) is 11.6 Å². The molecule has 0 bridgehead atoms. The SMILES string of the molecule is C=CCOC(=O)c1sc(N2C(=O)c3oc4ccc(C)cc4c(=O)c3C2c2ccc(O)c(OC)c2)nc1C. The molecule has 0 radical (unpaired) electrons. The van der Waals surface area contributed by atoms with E-state index in [1.807, 2.05) is 6.92 Å². The molecule has 1 aliphatic rings. The fraction of sp³-hybridized carbons (Fsp3) is 0.185. The summed E-state index contributed by atoms with van der Waals surface area (Å²) in [4.78, 5) is 46.1. The maximum Gasteiger partial charge on any atom is 0.350 e. The van der Waals surface area contributed by atoms with Gasteiger partial charge in [-0.1, -0.05) is 41.7 Å². The Bertz CT molecular complexity index is 1650. The van der Waals surface area contributed by atoms with E-state index in [1.165, 1.54) is 24.2 Å². The molecule has 10 heteroatoms. The number of aromatic nitrogens is 1. The topological polar surface area (TPSA) is 119 Å². The molecule has 1 atom stereocenters. The van der Waals surface area contributed by atoms with Gasteiger partial charge in [-0.3, -0.25) is 14.5 Å². The molecule has 0 aliphatic carbocycles. The van der Waals surface area contributed by atoms with Gasteiger partial charge < -0.3 is 19.0 Å². The number of nitrogens with zero attached hydrogens (tertiary/aromatic N) is 2. The summed E-state index contributed by atoms with van der Waals surface area (Å²) in [5.74, 6) is -1.21. The molecule has 0 spiro atoms. The van der Waals surface area contributed by atoms with Gasteiger partial charge in [0, 0.05) is 0 Å². The van der Waals surface area contributed by atoms with E-state index in [4.69, 9.17) is 13.9 Å². The molecule has 1 N–H and O–H groups in total. The number of phenolic OH excluding ortho intramolecular Hbond substituents is 1. The number of esters is 1. The molecular formula is C27H22N2O7S. The van der Waals surface area contributed by atoms with Crippen LogP contribution in [-0.4, -0.2) is 35.7 Å². The first-order chi connectivity index (χ1) is 17.7. The highest BCUT2D eigenvalue weighted by atomic mass is 32.1. The maximum absolute atomic E-state index is 13.8. The zero-order chi connectivity index (χ0) is 26.4. The lowest BCUT2D eigenvalue weighted by Crippen LogP contribution is -2.29. The number of aryl methyl sites for hydroxylation is 2. The van der Waals surface area contributed by atoms with E-state index in [9.17, 15) is 19.5 Å². The molecule has 37 heavy (non-hydrogen) atoms. The summed E-state index contributed by atoms with van der Waals surface area (Å²) < 4.78 is 16.4. The number of methoxy groups -OCH3 is 1. The van der Waals surface area contributed by atoms with Crippen LogP contribution in [0.2, 0.25) is 0 Å². The average molecular weight is 519 g/mol. The largest absolute Gasteiger partial charge is 0.504 e. The second-order valence-electron chi connectivity index (χ2n) is 8.48. The number of benzene rings is 2. The number of carbonyl (C=O) groups is 2. The van der Waals surface area contributed by atoms with E-state index < -0.39 is 17.9 Å². The Kier molecular flexibility index (Phi) is 6.04. The summed E-state index contributed by atoms with van der Waals surface area (Å²) >= 11 is 0.975. The van der Waals surface area contributed by atoms with Crippen molar-refractivity contribution in [2.75, 3.05) is 18.6 Å². The van der Waals surface area contributed by atoms with Crippen LogP contribution >= 0.6 is 11.3 Å². The van der Waals surface area contributed by atoms with E-state index >= 15 is 0 Å². The van der Waals surface area contributed by atoms with E-state index in [-0.39, 0.29) is 50.5 Å². The number of amides is 1. The van der Waals surface area contributed by atoms with Gasteiger partial charge in [-0.2, -0.15) is 0 Å². The quantitative estimate of drug-likeness (QED) is 0.289. The third-order valence-corrected chi connectivity index (χ3v) is 7.19. The van der Waals surface area contributed by atoms with Crippen LogP contribution < -0.4 is 15.1 Å². The maximum atomic E-state index is 13.8. The van der Waals surface area contributed by atoms with Gasteiger partial charge in [0.25, 0.3) is 5.91 Å². The smallest absolute Gasteiger partial charge is 0.350 e. The van der Waals surface area contributed by atoms with Crippen LogP contribution in [-0.2, 0) is 4.74 Å². The molecule has 188 valence electrons. The van der Waals surface area contributed by atoms with Crippen molar-refractivity contribution in [2.45, 2.75) is 19.9 Å². The summed E-state index contributed by atoms with van der Waals surface area (Å²) in [5, 5.41) is 10.7. The van der Waals surface area contributed by atoms with Crippen LogP contribution in [0.3, 0.4) is 0 Å². The van der Waals surface area contributed by atoms with Crippen molar-refractivity contribution < 1.29 is 28.6 Å². The summed E-state index contributed by atoms with van der Waals surface area (Å²) in [6, 6.07) is 8.79. The second kappa shape index (κ2) is 9.21. The molecule has 3 heterocycles. The summed E-state index contributed by atoms with van der Waals surface area (Å²) in [5.41, 5.74) is 1.80. The Morgan fingerprint density at radius 1 is 1.24 bits per heavy atom. The van der Waals surface area contributed by atoms with E-state index in [0.29, 0.717) is 16.6 Å². The predicted molar refractivity (Wildman–Crippen MR) is 138 cm³/mol. The molecule has 1 unspecified atom stereocenters. The van der Waals surface area contributed by atoms with Gasteiger partial charge in [0.05, 0.1) is 29.8 Å². The molecule has 2 aromatic carbocycles. The molecule has 4 aromatic rings. The van der Waals surface area contributed by atoms with E-state index in [1.54, 1.807) is 37.3 Å². The first kappa shape index (κ1) is 24.3. The van der Waals surface area contributed by atoms with Gasteiger partial charge in [-0.05, 0) is 43.7 Å². The number of hydrogen-bond donors (Lipinski definition) is 1. The molecule has 1 amide bonds. The molecule has 0 fully saturated rings. The number of phenols is 1. The van der Waals surface area contributed by atoms with E-state index in [0.717, 1.165) is 16.9 Å². The Balaban J connectivity index is 1.74. The van der Waals surface area contributed by atoms with Gasteiger partial charge in [0.15, 0.2) is 22.1 Å². The summed E-state index contributed by atoms with van der Waals surface area (Å²) in [6.45, 7) is 7.06. The first-order valence-corrected chi connectivity index (χ1v) is 12.1. The minimum absolute atomic E-state index is 0.0277. The number of fused-ring (bicyclic) bond motifs is 2. The highest BCUT2D eigenvalue weighted by Crippen LogP contribution is 2.44. The molecule has 0 saturated heterocycles. The van der Waals surface area contributed by atoms with Crippen LogP contribution in [0.15, 0.2) is 58.3 Å². The lowest BCUT2D eigenvalue weighted by Gasteiger charge is -2.23. The number of rotatable bonds is 6. The van der Waals surface area contributed by atoms with Gasteiger partial charge in [-0.25, -0.2) is 9.78 Å². The van der Waals surface area contributed by atoms with Crippen molar-refractivity contribution in [3.8, 4) is 11.5 Å². The van der Waals surface area contributed by atoms with Crippen molar-refractivity contribution in [1.82, 2.24) is 4.98 Å². The fourth-order valence-electron chi connectivity index (χ4n) is 4.34. The molecule has 2 aromatic heterocycles. The molecule has 9 nitrogen and oxygen atoms in total. The Labute approximate surface area is 215 Å². The minimum atomic E-state index is -0.944. The first-order valence-electron chi connectivity index (χ1n) is 11.3. The second-order valence-corrected chi connectivity index (χ2v) is 9.46. The number of carbonyl (C=O) groups excluding carboxylic acids is 2. The summed E-state index contributed by atoms with van der Waals surface area (Å²) in [6.07, 6.45) is 1.45. The third-order valence-electron chi connectivity index (χ3n) is 6.05. The van der Waals surface area contributed by atoms with Gasteiger partial charge >= 0.3 is 5.97 Å². The normalized spacial score (nSPS) is 14.6. The number of thiazole rings is 1. The van der Waals surface area contributed by atoms with Crippen molar-refractivity contribution in [3.05, 3.63) is 92.3 Å². The van der Waals surface area contributed by atoms with Crippen molar-refractivity contribution in [1.29, 1.82) is 0 Å². The van der Waals surface area contributed by atoms with Gasteiger partial charge in [0.2, 0.25) is 5.76 Å². The number of ether oxygens (including phenoxy) is 2. The van der Waals surface area contributed by atoms with Crippen LogP contribution in [0.25, 0.3) is 11.0 Å². The van der Waals surface area contributed by atoms with Crippen LogP contribution in [0.4, 0.5) is 5.13 Å². The number of hydrogen-bond acceptors (Lipinski definition) is 9. The van der Waals surface area contributed by atoms with Crippen LogP contribution in [0.5, 0.6) is 11.5 Å². The molecular weight excluding hydrogens is 496 g/mol. The number of anilines is 1. The Morgan fingerprint density at radius 2 is 2.03 bits per heavy atom. The highest BCUT2D eigenvalue weighted by Gasteiger charge is 2.45. The fourth-order valence-corrected chi connectivity index (χ4v) is 5.33. The predicted octanol–water partition coefficient (Wildman–Crippen LogP) is 4.67. The van der Waals surface area contributed by atoms with Gasteiger partial charge in [-0.15, -0.1) is 0 Å². The minimum Gasteiger partial charge on any atom is -0.504 e. The molecule has 1 aliphatic heterocycles. The highest BCUT2D eigenvalue weighted by molar-refractivity contribution is 7.17. The van der Waals surface area contributed by atoms with Crippen molar-refractivity contribution >= 4 is 39.3 Å². The number of aromatic hydroxyl groups is 1. The lowest BCUT2D eigenvalue weighted by atomic mass is 9.98. The zero-order valence-electron chi connectivity index (χ0n) is 20.2. The summed E-state index contributed by atoms with van der Waals surface area (Å²) in [7, 11) is 1.40. The lowest BCUT2D eigenvalue weighted by molar-refractivity contribution is 0.0554. The molecule has 5 rings (SSSR count). The average Bonchev–Trinajstić information content (AvgIpc) is 3.40. The van der Waals surface area contributed by atoms with Crippen LogP contribution in [0, 0.1) is 13.8 Å². The van der Waals surface area contributed by atoms with Crippen molar-refractivity contribution in [3.63, 3.8) is 0 Å². The standard InChI is InChI=1S/C27H22N2O7S/c1-5-10-35-26(33)24-14(3)28-27(37-24)29-21(15-7-8-17(30)19(12-15)34-4)20-22(31)16-11-13(2)6-9-18(16)36-23(20)25(29)32/h5-9,11-12,21,30H,1,10H2,2-4H3. The third kappa shape index (κ3) is 3.95. The Hall–Kier alpha value is -4.44. The van der Waals surface area contributed by atoms with Gasteiger partial charge in [0.1, 0.15) is 17.1 Å². The zero-order valence-corrected chi connectivity index (χ0v) is 21.0. The van der Waals surface area contributed by atoms with Crippen molar-refractivity contribution in [2.24, 2.45) is 0 Å². The monoisotopic (exact) mass is 518 g/mol.